The topological polar surface area (TPSA) is 16.8 Å². The van der Waals surface area contributed by atoms with Crippen molar-refractivity contribution < 1.29 is 4.68 Å². The van der Waals surface area contributed by atoms with Crippen molar-refractivity contribution in [1.82, 2.24) is 5.10 Å². The maximum absolute atomic E-state index is 4.57. The van der Waals surface area contributed by atoms with Crippen LogP contribution in [0.1, 0.15) is 0 Å². The highest BCUT2D eigenvalue weighted by Gasteiger charge is 2.12. The van der Waals surface area contributed by atoms with E-state index in [1.165, 1.54) is 10.9 Å². The summed E-state index contributed by atoms with van der Waals surface area (Å²) in [7, 11) is 1.98. The zero-order valence-corrected chi connectivity index (χ0v) is 9.67. The van der Waals surface area contributed by atoms with Crippen molar-refractivity contribution in [1.29, 1.82) is 0 Å². The first-order valence-electron chi connectivity index (χ1n) is 5.66. The Hall–Kier alpha value is -2.22. The van der Waals surface area contributed by atoms with Gasteiger partial charge in [0, 0.05) is 22.1 Å². The van der Waals surface area contributed by atoms with Crippen molar-refractivity contribution in [2.45, 2.75) is 0 Å². The van der Waals surface area contributed by atoms with Gasteiger partial charge in [0.15, 0.2) is 7.05 Å². The number of fused-ring (bicyclic) bond motifs is 1. The second-order valence-corrected chi connectivity index (χ2v) is 4.08. The van der Waals surface area contributed by atoms with Gasteiger partial charge >= 0.3 is 0 Å². The average molecular weight is 221 g/mol. The van der Waals surface area contributed by atoms with Crippen molar-refractivity contribution >= 4 is 10.9 Å². The minimum atomic E-state index is 1.02. The highest BCUT2D eigenvalue weighted by molar-refractivity contribution is 5.80. The first kappa shape index (κ1) is 9.97. The first-order chi connectivity index (χ1) is 8.34. The predicted octanol–water partition coefficient (Wildman–Crippen LogP) is 2.73. The Morgan fingerprint density at radius 3 is 2.41 bits per heavy atom. The van der Waals surface area contributed by atoms with Crippen LogP contribution in [-0.4, -0.2) is 5.10 Å². The van der Waals surface area contributed by atoms with Crippen molar-refractivity contribution in [2.24, 2.45) is 7.05 Å². The highest BCUT2D eigenvalue weighted by atomic mass is 15.2. The second-order valence-electron chi connectivity index (χ2n) is 4.08. The predicted molar refractivity (Wildman–Crippen MR) is 68.4 cm³/mol. The molecule has 0 aliphatic heterocycles. The summed E-state index contributed by atoms with van der Waals surface area (Å²) in [5.41, 5.74) is 3.34. The van der Waals surface area contributed by atoms with E-state index in [1.807, 2.05) is 48.1 Å². The average Bonchev–Trinajstić information content (AvgIpc) is 2.39. The third-order valence-corrected chi connectivity index (χ3v) is 2.90. The number of benzene rings is 2. The van der Waals surface area contributed by atoms with E-state index in [2.05, 4.69) is 29.4 Å². The molecule has 0 saturated heterocycles. The molecule has 0 aliphatic rings. The number of nitrogens with zero attached hydrogens (tertiary/aromatic N) is 2. The minimum Gasteiger partial charge on any atom is -0.0859 e. The fourth-order valence-electron chi connectivity index (χ4n) is 2.04. The maximum Gasteiger partial charge on any atom is 0.239 e. The SMILES string of the molecule is C[n+]1nc2ccccc2cc1-c1ccccc1. The van der Waals surface area contributed by atoms with E-state index in [9.17, 15) is 0 Å². The standard InChI is InChI=1S/C15H13N2/c1-17-15(12-7-3-2-4-8-12)11-13-9-5-6-10-14(13)16-17/h2-11H,1H3/q+1. The van der Waals surface area contributed by atoms with Crippen LogP contribution < -0.4 is 4.68 Å². The molecule has 2 aromatic carbocycles. The molecule has 1 aromatic heterocycles. The molecule has 0 aliphatic carbocycles. The van der Waals surface area contributed by atoms with Gasteiger partial charge in [0.1, 0.15) is 5.52 Å². The third-order valence-electron chi connectivity index (χ3n) is 2.90. The first-order valence-corrected chi connectivity index (χ1v) is 5.66. The summed E-state index contributed by atoms with van der Waals surface area (Å²) in [6.07, 6.45) is 0. The molecule has 0 saturated carbocycles. The molecule has 0 fully saturated rings. The smallest absolute Gasteiger partial charge is 0.0859 e. The van der Waals surface area contributed by atoms with E-state index in [4.69, 9.17) is 0 Å². The molecule has 2 heteroatoms. The molecule has 0 atom stereocenters. The Bertz CT molecular complexity index is 660. The van der Waals surface area contributed by atoms with Crippen LogP contribution >= 0.6 is 0 Å². The Balaban J connectivity index is 2.27. The summed E-state index contributed by atoms with van der Waals surface area (Å²) in [5, 5.41) is 5.74. The Kier molecular flexibility index (Phi) is 2.33. The molecule has 0 amide bonds. The zero-order valence-electron chi connectivity index (χ0n) is 9.67. The molecule has 0 spiro atoms. The summed E-state index contributed by atoms with van der Waals surface area (Å²) in [6.45, 7) is 0. The number of aryl methyl sites for hydroxylation is 1. The Morgan fingerprint density at radius 2 is 1.59 bits per heavy atom. The molecule has 1 heterocycles. The van der Waals surface area contributed by atoms with E-state index in [0.29, 0.717) is 0 Å². The molecular weight excluding hydrogens is 208 g/mol. The van der Waals surface area contributed by atoms with E-state index >= 15 is 0 Å². The lowest BCUT2D eigenvalue weighted by molar-refractivity contribution is -0.717. The number of hydrogen-bond donors (Lipinski definition) is 0. The van der Waals surface area contributed by atoms with Crippen LogP contribution in [0.15, 0.2) is 60.7 Å². The lowest BCUT2D eigenvalue weighted by Crippen LogP contribution is -2.35. The van der Waals surface area contributed by atoms with Gasteiger partial charge in [-0.2, -0.15) is 0 Å². The van der Waals surface area contributed by atoms with Gasteiger partial charge in [-0.15, -0.1) is 0 Å². The molecule has 82 valence electrons. The van der Waals surface area contributed by atoms with Crippen LogP contribution in [0.4, 0.5) is 0 Å². The molecule has 0 radical (unpaired) electrons. The maximum atomic E-state index is 4.57. The zero-order chi connectivity index (χ0) is 11.7. The number of aromatic nitrogens is 2. The van der Waals surface area contributed by atoms with Crippen molar-refractivity contribution in [3.63, 3.8) is 0 Å². The third kappa shape index (κ3) is 1.78. The van der Waals surface area contributed by atoms with E-state index in [0.717, 1.165) is 11.2 Å². The van der Waals surface area contributed by atoms with Crippen LogP contribution in [-0.2, 0) is 7.05 Å². The van der Waals surface area contributed by atoms with Gasteiger partial charge in [0.05, 0.1) is 0 Å². The fourth-order valence-corrected chi connectivity index (χ4v) is 2.04. The van der Waals surface area contributed by atoms with Crippen LogP contribution in [0.5, 0.6) is 0 Å². The largest absolute Gasteiger partial charge is 0.239 e. The lowest BCUT2D eigenvalue weighted by Gasteiger charge is -2.00. The summed E-state index contributed by atoms with van der Waals surface area (Å²) in [5.74, 6) is 0. The van der Waals surface area contributed by atoms with Crippen LogP contribution in [0, 0.1) is 0 Å². The number of rotatable bonds is 1. The molecule has 2 nitrogen and oxygen atoms in total. The van der Waals surface area contributed by atoms with Crippen molar-refractivity contribution in [3.05, 3.63) is 60.7 Å². The highest BCUT2D eigenvalue weighted by Crippen LogP contribution is 2.18. The van der Waals surface area contributed by atoms with Gasteiger partial charge in [-0.1, -0.05) is 41.1 Å². The number of hydrogen-bond acceptors (Lipinski definition) is 1. The van der Waals surface area contributed by atoms with Crippen molar-refractivity contribution in [2.75, 3.05) is 0 Å². The van der Waals surface area contributed by atoms with Gasteiger partial charge in [-0.25, -0.2) is 0 Å². The van der Waals surface area contributed by atoms with Gasteiger partial charge in [0.25, 0.3) is 0 Å². The van der Waals surface area contributed by atoms with E-state index in [1.54, 1.807) is 0 Å². The quantitative estimate of drug-likeness (QED) is 0.577. The summed E-state index contributed by atoms with van der Waals surface area (Å²) < 4.78 is 1.93. The molecule has 0 N–H and O–H groups in total. The van der Waals surface area contributed by atoms with E-state index in [-0.39, 0.29) is 0 Å². The summed E-state index contributed by atoms with van der Waals surface area (Å²) in [4.78, 5) is 0. The molecule has 0 unspecified atom stereocenters. The summed E-state index contributed by atoms with van der Waals surface area (Å²) >= 11 is 0. The normalized spacial score (nSPS) is 10.6. The van der Waals surface area contributed by atoms with Gasteiger partial charge < -0.3 is 0 Å². The van der Waals surface area contributed by atoms with Crippen LogP contribution in [0.2, 0.25) is 0 Å². The van der Waals surface area contributed by atoms with Gasteiger partial charge in [-0.3, -0.25) is 0 Å². The Morgan fingerprint density at radius 1 is 0.882 bits per heavy atom. The molecule has 3 rings (SSSR count). The Labute approximate surface area is 100 Å². The minimum absolute atomic E-state index is 1.02. The van der Waals surface area contributed by atoms with Crippen LogP contribution in [0.3, 0.4) is 0 Å². The molecular formula is C15H13N2+. The van der Waals surface area contributed by atoms with E-state index < -0.39 is 0 Å². The molecule has 3 aromatic rings. The lowest BCUT2D eigenvalue weighted by atomic mass is 10.1. The van der Waals surface area contributed by atoms with Gasteiger partial charge in [-0.05, 0) is 18.2 Å². The van der Waals surface area contributed by atoms with Gasteiger partial charge in [0.2, 0.25) is 5.69 Å². The second kappa shape index (κ2) is 3.98. The monoisotopic (exact) mass is 221 g/mol. The molecule has 17 heavy (non-hydrogen) atoms. The van der Waals surface area contributed by atoms with Crippen LogP contribution in [0.25, 0.3) is 22.2 Å². The fraction of sp³-hybridized carbons (Fsp3) is 0.0667. The summed E-state index contributed by atoms with van der Waals surface area (Å²) in [6, 6.07) is 20.7. The van der Waals surface area contributed by atoms with Crippen molar-refractivity contribution in [3.8, 4) is 11.3 Å². The molecule has 0 bridgehead atoms.